The third-order valence-electron chi connectivity index (χ3n) is 16.0. The van der Waals surface area contributed by atoms with Gasteiger partial charge in [0.1, 0.15) is 0 Å². The first-order chi connectivity index (χ1) is 37.0. The molecule has 2 unspecified atom stereocenters. The van der Waals surface area contributed by atoms with Gasteiger partial charge < -0.3 is 20.3 Å². The topological polar surface area (TPSA) is 95.9 Å². The fourth-order valence-corrected chi connectivity index (χ4v) is 10.7. The predicted molar refractivity (Wildman–Crippen MR) is 329 cm³/mol. The van der Waals surface area contributed by atoms with Crippen molar-refractivity contribution in [3.05, 3.63) is 24.3 Å². The van der Waals surface area contributed by atoms with Gasteiger partial charge in [0.2, 0.25) is 5.91 Å². The van der Waals surface area contributed by atoms with E-state index in [1.807, 2.05) is 6.08 Å². The molecule has 0 aliphatic rings. The average molecular weight is 1060 g/mol. The number of ether oxygens (including phenoxy) is 1. The summed E-state index contributed by atoms with van der Waals surface area (Å²) in [6, 6.07) is -0.641. The molecule has 0 aromatic heterocycles. The Morgan fingerprint density at radius 1 is 0.360 bits per heavy atom. The number of allylic oxidation sites excluding steroid dienone is 3. The van der Waals surface area contributed by atoms with E-state index in [2.05, 4.69) is 31.3 Å². The lowest BCUT2D eigenvalue weighted by atomic mass is 10.0. The molecule has 0 heterocycles. The number of amides is 1. The van der Waals surface area contributed by atoms with Gasteiger partial charge in [-0.3, -0.25) is 9.59 Å². The zero-order valence-electron chi connectivity index (χ0n) is 50.8. The van der Waals surface area contributed by atoms with Crippen molar-refractivity contribution >= 4 is 11.9 Å². The Hall–Kier alpha value is -1.66. The molecule has 0 spiro atoms. The van der Waals surface area contributed by atoms with Gasteiger partial charge in [0.15, 0.2) is 0 Å². The molecule has 0 fully saturated rings. The summed E-state index contributed by atoms with van der Waals surface area (Å²) in [5.41, 5.74) is 0. The number of hydrogen-bond donors (Lipinski definition) is 3. The minimum Gasteiger partial charge on any atom is -0.466 e. The highest BCUT2D eigenvalue weighted by Crippen LogP contribution is 2.18. The Bertz CT molecular complexity index is 1170. The third kappa shape index (κ3) is 61.4. The minimum absolute atomic E-state index is 0.00152. The number of nitrogens with one attached hydrogen (secondary N) is 1. The summed E-state index contributed by atoms with van der Waals surface area (Å²) >= 11 is 0. The van der Waals surface area contributed by atoms with E-state index in [0.717, 1.165) is 64.2 Å². The van der Waals surface area contributed by atoms with E-state index < -0.39 is 12.1 Å². The van der Waals surface area contributed by atoms with Crippen molar-refractivity contribution in [1.82, 2.24) is 5.32 Å². The maximum absolute atomic E-state index is 12.5. The van der Waals surface area contributed by atoms with Crippen LogP contribution < -0.4 is 5.32 Å². The second kappa shape index (κ2) is 64.9. The number of hydrogen-bond acceptors (Lipinski definition) is 5. The van der Waals surface area contributed by atoms with Gasteiger partial charge in [-0.15, -0.1) is 0 Å². The third-order valence-corrected chi connectivity index (χ3v) is 16.0. The number of carbonyl (C=O) groups excluding carboxylic acids is 2. The Morgan fingerprint density at radius 2 is 0.627 bits per heavy atom. The number of carbonyl (C=O) groups is 2. The number of unbranched alkanes of at least 4 members (excludes halogenated alkanes) is 51. The Balaban J connectivity index is 3.46. The Labute approximate surface area is 469 Å². The smallest absolute Gasteiger partial charge is 0.305 e. The van der Waals surface area contributed by atoms with Crippen molar-refractivity contribution in [2.45, 2.75) is 392 Å². The van der Waals surface area contributed by atoms with Crippen LogP contribution in [0.3, 0.4) is 0 Å². The molecule has 1 amide bonds. The number of aliphatic hydroxyl groups excluding tert-OH is 2. The van der Waals surface area contributed by atoms with Crippen LogP contribution in [0.2, 0.25) is 0 Å². The average Bonchev–Trinajstić information content (AvgIpc) is 3.41. The van der Waals surface area contributed by atoms with Crippen molar-refractivity contribution in [3.8, 4) is 0 Å². The van der Waals surface area contributed by atoms with Gasteiger partial charge in [0.25, 0.3) is 0 Å². The molecule has 0 aromatic carbocycles. The van der Waals surface area contributed by atoms with Crippen LogP contribution in [-0.2, 0) is 14.3 Å². The van der Waals surface area contributed by atoms with Crippen LogP contribution in [0, 0.1) is 0 Å². The molecular formula is C69H133NO5. The molecule has 3 N–H and O–H groups in total. The van der Waals surface area contributed by atoms with E-state index in [9.17, 15) is 19.8 Å². The molecule has 0 radical (unpaired) electrons. The first-order valence-corrected chi connectivity index (χ1v) is 34.1. The zero-order valence-corrected chi connectivity index (χ0v) is 50.8. The summed E-state index contributed by atoms with van der Waals surface area (Å²) < 4.78 is 5.49. The van der Waals surface area contributed by atoms with Crippen LogP contribution >= 0.6 is 0 Å². The number of esters is 1. The quantitative estimate of drug-likeness (QED) is 0.0320. The summed E-state index contributed by atoms with van der Waals surface area (Å²) in [5, 5.41) is 23.2. The van der Waals surface area contributed by atoms with E-state index in [0.29, 0.717) is 19.4 Å². The van der Waals surface area contributed by atoms with Crippen molar-refractivity contribution in [3.63, 3.8) is 0 Å². The van der Waals surface area contributed by atoms with E-state index in [1.165, 1.54) is 289 Å². The molecular weight excluding hydrogens is 923 g/mol. The maximum Gasteiger partial charge on any atom is 0.305 e. The maximum atomic E-state index is 12.5. The molecule has 6 heteroatoms. The highest BCUT2D eigenvalue weighted by atomic mass is 16.5. The Morgan fingerprint density at radius 3 is 0.947 bits per heavy atom. The largest absolute Gasteiger partial charge is 0.466 e. The molecule has 2 atom stereocenters. The predicted octanol–water partition coefficient (Wildman–Crippen LogP) is 21.8. The first kappa shape index (κ1) is 73.3. The van der Waals surface area contributed by atoms with Crippen LogP contribution in [-0.4, -0.2) is 47.4 Å². The molecule has 444 valence electrons. The van der Waals surface area contributed by atoms with Crippen LogP contribution in [0.1, 0.15) is 380 Å². The molecule has 0 bridgehead atoms. The minimum atomic E-state index is -0.856. The number of rotatable bonds is 64. The van der Waals surface area contributed by atoms with Crippen molar-refractivity contribution in [1.29, 1.82) is 0 Å². The first-order valence-electron chi connectivity index (χ1n) is 34.1. The SMILES string of the molecule is CCCCCCCCCCCCCCCCCCCCCCCC/C=C/C(O)C(CO)NC(=O)CCCCCCC/C=C\CCCCCCCCCOC(=O)CCCCCCCCCCCCCCCCCCCC. The normalized spacial score (nSPS) is 12.6. The van der Waals surface area contributed by atoms with E-state index >= 15 is 0 Å². The van der Waals surface area contributed by atoms with Gasteiger partial charge in [-0.05, 0) is 57.8 Å². The summed E-state index contributed by atoms with van der Waals surface area (Å²) in [5.74, 6) is -0.0793. The fraction of sp³-hybridized carbons (Fsp3) is 0.913. The lowest BCUT2D eigenvalue weighted by molar-refractivity contribution is -0.143. The highest BCUT2D eigenvalue weighted by Gasteiger charge is 2.18. The molecule has 0 saturated heterocycles. The summed E-state index contributed by atoms with van der Waals surface area (Å²) in [7, 11) is 0. The molecule has 0 aliphatic heterocycles. The molecule has 0 aliphatic carbocycles. The van der Waals surface area contributed by atoms with Crippen molar-refractivity contribution in [2.75, 3.05) is 13.2 Å². The fourth-order valence-electron chi connectivity index (χ4n) is 10.7. The van der Waals surface area contributed by atoms with Crippen molar-refractivity contribution in [2.24, 2.45) is 0 Å². The molecule has 0 saturated carbocycles. The monoisotopic (exact) mass is 1060 g/mol. The van der Waals surface area contributed by atoms with Crippen LogP contribution in [0.25, 0.3) is 0 Å². The van der Waals surface area contributed by atoms with Gasteiger partial charge in [0.05, 0.1) is 25.4 Å². The summed E-state index contributed by atoms with van der Waals surface area (Å²) in [4.78, 5) is 24.6. The van der Waals surface area contributed by atoms with Gasteiger partial charge in [0, 0.05) is 12.8 Å². The summed E-state index contributed by atoms with van der Waals surface area (Å²) in [6.07, 6.45) is 80.9. The second-order valence-corrected chi connectivity index (χ2v) is 23.5. The van der Waals surface area contributed by atoms with Gasteiger partial charge in [-0.1, -0.05) is 334 Å². The second-order valence-electron chi connectivity index (χ2n) is 23.5. The van der Waals surface area contributed by atoms with E-state index in [-0.39, 0.29) is 18.5 Å². The Kier molecular flexibility index (Phi) is 63.4. The van der Waals surface area contributed by atoms with Crippen LogP contribution in [0.15, 0.2) is 24.3 Å². The van der Waals surface area contributed by atoms with Gasteiger partial charge in [-0.2, -0.15) is 0 Å². The molecule has 6 nitrogen and oxygen atoms in total. The summed E-state index contributed by atoms with van der Waals surface area (Å²) in [6.45, 7) is 4.92. The number of aliphatic hydroxyl groups is 2. The van der Waals surface area contributed by atoms with Gasteiger partial charge >= 0.3 is 5.97 Å². The molecule has 0 rings (SSSR count). The standard InChI is InChI=1S/C69H133NO5/c1-3-5-7-9-11-13-15-17-19-21-23-24-25-26-27-28-29-33-37-41-45-49-53-57-61-67(72)66(65-71)70-68(73)62-58-54-50-46-42-38-34-31-32-36-40-44-48-52-56-60-64-75-69(74)63-59-55-51-47-43-39-35-30-22-20-18-16-14-12-10-8-6-4-2/h31,34,57,61,66-67,71-72H,3-30,32-33,35-56,58-60,62-65H2,1-2H3,(H,70,73)/b34-31-,61-57+. The van der Waals surface area contributed by atoms with Crippen LogP contribution in [0.5, 0.6) is 0 Å². The zero-order chi connectivity index (χ0) is 54.3. The lowest BCUT2D eigenvalue weighted by Gasteiger charge is -2.20. The van der Waals surface area contributed by atoms with E-state index in [1.54, 1.807) is 6.08 Å². The molecule has 0 aromatic rings. The lowest BCUT2D eigenvalue weighted by Crippen LogP contribution is -2.45. The highest BCUT2D eigenvalue weighted by molar-refractivity contribution is 5.76. The van der Waals surface area contributed by atoms with Crippen molar-refractivity contribution < 1.29 is 24.5 Å². The van der Waals surface area contributed by atoms with Crippen LogP contribution in [0.4, 0.5) is 0 Å². The van der Waals surface area contributed by atoms with Gasteiger partial charge in [-0.25, -0.2) is 0 Å². The molecule has 75 heavy (non-hydrogen) atoms. The van der Waals surface area contributed by atoms with E-state index in [4.69, 9.17) is 4.74 Å².